The summed E-state index contributed by atoms with van der Waals surface area (Å²) < 4.78 is 5.46. The highest BCUT2D eigenvalue weighted by Crippen LogP contribution is 2.54. The summed E-state index contributed by atoms with van der Waals surface area (Å²) in [5, 5.41) is 0. The van der Waals surface area contributed by atoms with Crippen LogP contribution in [-0.2, 0) is 16.9 Å². The van der Waals surface area contributed by atoms with Gasteiger partial charge in [0.1, 0.15) is 0 Å². The summed E-state index contributed by atoms with van der Waals surface area (Å²) in [7, 11) is 0. The zero-order valence-electron chi connectivity index (χ0n) is 20.8. The van der Waals surface area contributed by atoms with Crippen LogP contribution >= 0.6 is 0 Å². The van der Waals surface area contributed by atoms with E-state index in [1.54, 1.807) is 17.4 Å². The van der Waals surface area contributed by atoms with E-state index in [9.17, 15) is 9.59 Å². The lowest BCUT2D eigenvalue weighted by molar-refractivity contribution is -0.177. The Labute approximate surface area is 212 Å². The summed E-state index contributed by atoms with van der Waals surface area (Å²) in [6, 6.07) is 26.9. The van der Waals surface area contributed by atoms with Crippen molar-refractivity contribution >= 4 is 11.8 Å². The van der Waals surface area contributed by atoms with E-state index in [2.05, 4.69) is 0 Å². The molecule has 2 atom stereocenters. The van der Waals surface area contributed by atoms with E-state index in [1.807, 2.05) is 111 Å². The molecule has 1 fully saturated rings. The van der Waals surface area contributed by atoms with Gasteiger partial charge in [-0.05, 0) is 50.1 Å². The smallest absolute Gasteiger partial charge is 0.256 e. The molecule has 1 saturated heterocycles. The minimum atomic E-state index is -1.22. The first-order valence-electron chi connectivity index (χ1n) is 12.3. The highest BCUT2D eigenvalue weighted by Gasteiger charge is 2.66. The first kappa shape index (κ1) is 23.6. The monoisotopic (exact) mass is 478 g/mol. The molecule has 1 aliphatic heterocycles. The van der Waals surface area contributed by atoms with Crippen molar-refractivity contribution in [3.05, 3.63) is 131 Å². The van der Waals surface area contributed by atoms with Gasteiger partial charge in [0.15, 0.2) is 5.54 Å². The molecule has 1 aliphatic rings. The maximum atomic E-state index is 14.3. The van der Waals surface area contributed by atoms with Gasteiger partial charge in [0.2, 0.25) is 0 Å². The van der Waals surface area contributed by atoms with E-state index >= 15 is 0 Å². The predicted octanol–water partition coefficient (Wildman–Crippen LogP) is 6.04. The van der Waals surface area contributed by atoms with Gasteiger partial charge < -0.3 is 14.2 Å². The minimum absolute atomic E-state index is 0.0866. The number of benzene rings is 3. The number of furan rings is 1. The van der Waals surface area contributed by atoms with Crippen molar-refractivity contribution in [3.63, 3.8) is 0 Å². The normalized spacial score (nSPS) is 19.1. The van der Waals surface area contributed by atoms with Crippen LogP contribution in [0.2, 0.25) is 0 Å². The second-order valence-corrected chi connectivity index (χ2v) is 9.43. The number of carbonyl (C=O) groups excluding carboxylic acids is 2. The van der Waals surface area contributed by atoms with Gasteiger partial charge in [-0.3, -0.25) is 9.59 Å². The van der Waals surface area contributed by atoms with E-state index < -0.39 is 5.54 Å². The Morgan fingerprint density at radius 2 is 1.56 bits per heavy atom. The predicted molar refractivity (Wildman–Crippen MR) is 139 cm³/mol. The molecular formula is C31H30N2O3. The second-order valence-electron chi connectivity index (χ2n) is 9.43. The molecule has 4 aromatic rings. The molecule has 36 heavy (non-hydrogen) atoms. The fraction of sp³-hybridized carbons (Fsp3) is 0.226. The fourth-order valence-corrected chi connectivity index (χ4v) is 5.27. The van der Waals surface area contributed by atoms with E-state index in [0.29, 0.717) is 18.7 Å². The van der Waals surface area contributed by atoms with Crippen molar-refractivity contribution in [2.45, 2.75) is 38.9 Å². The minimum Gasteiger partial charge on any atom is -0.472 e. The van der Waals surface area contributed by atoms with Crippen LogP contribution in [0.1, 0.15) is 51.1 Å². The number of aryl methyl sites for hydroxylation is 2. The standard InChI is InChI=1S/C31H30N2O3/c1-4-32-28(26-18-19-36-21-26)31(30(32)35,27-16-12-23(3)13-17-27)33(20-24-8-6-5-7-9-24)29(34)25-14-10-22(2)11-15-25/h5-19,21,28H,4,20H2,1-3H3/t28-,31+/m1/s1. The number of β-lactam (4-membered cyclic amide) rings is 1. The average Bonchev–Trinajstić information content (AvgIpc) is 3.42. The summed E-state index contributed by atoms with van der Waals surface area (Å²) in [6.07, 6.45) is 3.30. The van der Waals surface area contributed by atoms with Gasteiger partial charge in [0.05, 0.1) is 18.6 Å². The Morgan fingerprint density at radius 3 is 2.14 bits per heavy atom. The number of nitrogens with zero attached hydrogens (tertiary/aromatic N) is 2. The molecule has 0 spiro atoms. The molecule has 0 radical (unpaired) electrons. The summed E-state index contributed by atoms with van der Waals surface area (Å²) in [5.74, 6) is -0.270. The quantitative estimate of drug-likeness (QED) is 0.305. The van der Waals surface area contributed by atoms with Crippen molar-refractivity contribution in [2.24, 2.45) is 0 Å². The van der Waals surface area contributed by atoms with Gasteiger partial charge in [-0.2, -0.15) is 0 Å². The molecule has 0 aliphatic carbocycles. The summed E-state index contributed by atoms with van der Waals surface area (Å²) >= 11 is 0. The Morgan fingerprint density at radius 1 is 0.917 bits per heavy atom. The molecule has 5 rings (SSSR count). The summed E-state index contributed by atoms with van der Waals surface area (Å²) in [5.41, 5.74) is 4.12. The zero-order chi connectivity index (χ0) is 25.3. The molecule has 0 saturated carbocycles. The molecule has 2 amide bonds. The average molecular weight is 479 g/mol. The number of amides is 2. The molecule has 182 valence electrons. The molecule has 0 unspecified atom stereocenters. The Balaban J connectivity index is 1.75. The van der Waals surface area contributed by atoms with Gasteiger partial charge in [-0.15, -0.1) is 0 Å². The highest BCUT2D eigenvalue weighted by molar-refractivity contribution is 6.03. The topological polar surface area (TPSA) is 53.8 Å². The third kappa shape index (κ3) is 3.81. The number of hydrogen-bond donors (Lipinski definition) is 0. The fourth-order valence-electron chi connectivity index (χ4n) is 5.27. The van der Waals surface area contributed by atoms with Crippen molar-refractivity contribution in [3.8, 4) is 0 Å². The lowest BCUT2D eigenvalue weighted by Gasteiger charge is -2.60. The largest absolute Gasteiger partial charge is 0.472 e. The van der Waals surface area contributed by atoms with Crippen LogP contribution in [0.25, 0.3) is 0 Å². The maximum Gasteiger partial charge on any atom is 0.256 e. The van der Waals surface area contributed by atoms with E-state index in [0.717, 1.165) is 27.8 Å². The van der Waals surface area contributed by atoms with Crippen molar-refractivity contribution < 1.29 is 14.0 Å². The number of likely N-dealkylation sites (N-methyl/N-ethyl adjacent to an activating group) is 1. The van der Waals surface area contributed by atoms with E-state index in [4.69, 9.17) is 4.42 Å². The third-order valence-corrected chi connectivity index (χ3v) is 7.14. The van der Waals surface area contributed by atoms with Gasteiger partial charge in [0.25, 0.3) is 11.8 Å². The molecule has 5 heteroatoms. The zero-order valence-corrected chi connectivity index (χ0v) is 20.8. The van der Waals surface area contributed by atoms with Crippen molar-refractivity contribution in [1.29, 1.82) is 0 Å². The molecule has 0 bridgehead atoms. The van der Waals surface area contributed by atoms with E-state index in [-0.39, 0.29) is 17.9 Å². The van der Waals surface area contributed by atoms with Crippen LogP contribution < -0.4 is 0 Å². The summed E-state index contributed by atoms with van der Waals surface area (Å²) in [4.78, 5) is 32.1. The first-order chi connectivity index (χ1) is 17.5. The highest BCUT2D eigenvalue weighted by atomic mass is 16.3. The van der Waals surface area contributed by atoms with Crippen LogP contribution in [-0.4, -0.2) is 28.2 Å². The lowest BCUT2D eigenvalue weighted by Crippen LogP contribution is -2.73. The van der Waals surface area contributed by atoms with Crippen molar-refractivity contribution in [2.75, 3.05) is 6.54 Å². The molecule has 3 aromatic carbocycles. The molecular weight excluding hydrogens is 448 g/mol. The number of hydrogen-bond acceptors (Lipinski definition) is 3. The number of carbonyl (C=O) groups is 2. The number of rotatable bonds is 7. The van der Waals surface area contributed by atoms with Gasteiger partial charge in [0, 0.05) is 24.2 Å². The molecule has 0 N–H and O–H groups in total. The van der Waals surface area contributed by atoms with Gasteiger partial charge >= 0.3 is 0 Å². The molecule has 5 nitrogen and oxygen atoms in total. The van der Waals surface area contributed by atoms with Crippen LogP contribution in [0.5, 0.6) is 0 Å². The SMILES string of the molecule is CCN1C(=O)[C@@](c2ccc(C)cc2)(N(Cc2ccccc2)C(=O)c2ccc(C)cc2)[C@H]1c1ccoc1. The third-order valence-electron chi connectivity index (χ3n) is 7.14. The lowest BCUT2D eigenvalue weighted by atomic mass is 9.69. The van der Waals surface area contributed by atoms with Crippen LogP contribution in [0.4, 0.5) is 0 Å². The first-order valence-corrected chi connectivity index (χ1v) is 12.3. The van der Waals surface area contributed by atoms with E-state index in [1.165, 1.54) is 0 Å². The summed E-state index contributed by atoms with van der Waals surface area (Å²) in [6.45, 7) is 6.80. The van der Waals surface area contributed by atoms with Crippen LogP contribution in [0, 0.1) is 13.8 Å². The Kier molecular flexibility index (Phi) is 6.23. The molecule has 1 aromatic heterocycles. The number of likely N-dealkylation sites (tertiary alicyclic amines) is 1. The maximum absolute atomic E-state index is 14.3. The van der Waals surface area contributed by atoms with Gasteiger partial charge in [-0.25, -0.2) is 0 Å². The Bertz CT molecular complexity index is 1350. The van der Waals surface area contributed by atoms with Gasteiger partial charge in [-0.1, -0.05) is 77.9 Å². The second kappa shape index (κ2) is 9.50. The molecule has 2 heterocycles. The Hall–Kier alpha value is -4.12. The van der Waals surface area contributed by atoms with Crippen LogP contribution in [0.3, 0.4) is 0 Å². The van der Waals surface area contributed by atoms with Crippen molar-refractivity contribution in [1.82, 2.24) is 9.80 Å². The van der Waals surface area contributed by atoms with Crippen LogP contribution in [0.15, 0.2) is 102 Å².